The number of hydrogen-bond acceptors (Lipinski definition) is 7. The molecule has 0 fully saturated rings. The van der Waals surface area contributed by atoms with Gasteiger partial charge in [0.05, 0.1) is 16.3 Å². The Balaban J connectivity index is 1.39. The largest absolute Gasteiger partial charge is 0.454 e. The molecule has 26 heavy (non-hydrogen) atoms. The van der Waals surface area contributed by atoms with Gasteiger partial charge in [0.1, 0.15) is 5.01 Å². The molecule has 0 radical (unpaired) electrons. The van der Waals surface area contributed by atoms with E-state index in [-0.39, 0.29) is 18.2 Å². The zero-order valence-corrected chi connectivity index (χ0v) is 15.2. The number of fused-ring (bicyclic) bond motifs is 1. The van der Waals surface area contributed by atoms with Gasteiger partial charge in [-0.1, -0.05) is 6.07 Å². The normalized spacial score (nSPS) is 13.1. The highest BCUT2D eigenvalue weighted by Gasteiger charge is 2.20. The van der Waals surface area contributed by atoms with Crippen LogP contribution in [0.25, 0.3) is 10.7 Å². The zero-order chi connectivity index (χ0) is 18.0. The summed E-state index contributed by atoms with van der Waals surface area (Å²) in [5, 5.41) is 2.73. The average Bonchev–Trinajstić information content (AvgIpc) is 3.31. The zero-order valence-electron chi connectivity index (χ0n) is 13.6. The van der Waals surface area contributed by atoms with Crippen molar-refractivity contribution in [2.24, 2.45) is 0 Å². The minimum absolute atomic E-state index is 0.106. The maximum atomic E-state index is 12.4. The average molecular weight is 389 g/mol. The molecule has 0 atom stereocenters. The summed E-state index contributed by atoms with van der Waals surface area (Å²) in [7, 11) is -3.62. The van der Waals surface area contributed by atoms with Crippen LogP contribution in [-0.2, 0) is 16.4 Å². The third kappa shape index (κ3) is 3.55. The van der Waals surface area contributed by atoms with Crippen LogP contribution >= 0.6 is 11.3 Å². The van der Waals surface area contributed by atoms with Crippen molar-refractivity contribution in [3.05, 3.63) is 53.7 Å². The molecule has 0 unspecified atom stereocenters. The number of thiazole rings is 1. The Labute approximate surface area is 154 Å². The number of nitrogens with one attached hydrogen (secondary N) is 1. The van der Waals surface area contributed by atoms with Gasteiger partial charge in [-0.3, -0.25) is 4.98 Å². The third-order valence-electron chi connectivity index (χ3n) is 3.76. The lowest BCUT2D eigenvalue weighted by Gasteiger charge is -2.06. The first-order valence-electron chi connectivity index (χ1n) is 7.87. The Bertz CT molecular complexity index is 1020. The molecular weight excluding hydrogens is 374 g/mol. The van der Waals surface area contributed by atoms with Crippen LogP contribution in [0.15, 0.2) is 52.9 Å². The maximum Gasteiger partial charge on any atom is 0.240 e. The number of pyridine rings is 1. The first-order valence-corrected chi connectivity index (χ1v) is 10.2. The van der Waals surface area contributed by atoms with Crippen molar-refractivity contribution in [3.63, 3.8) is 0 Å². The summed E-state index contributed by atoms with van der Waals surface area (Å²) in [5.41, 5.74) is 1.63. The van der Waals surface area contributed by atoms with Crippen molar-refractivity contribution in [1.82, 2.24) is 14.7 Å². The van der Waals surface area contributed by atoms with Crippen molar-refractivity contribution in [3.8, 4) is 22.2 Å². The van der Waals surface area contributed by atoms with Crippen LogP contribution < -0.4 is 14.2 Å². The van der Waals surface area contributed by atoms with Crippen molar-refractivity contribution >= 4 is 21.4 Å². The summed E-state index contributed by atoms with van der Waals surface area (Å²) in [6, 6.07) is 10.2. The van der Waals surface area contributed by atoms with Gasteiger partial charge in [-0.2, -0.15) is 0 Å². The topological polar surface area (TPSA) is 90.4 Å². The van der Waals surface area contributed by atoms with Gasteiger partial charge >= 0.3 is 0 Å². The second-order valence-electron chi connectivity index (χ2n) is 5.52. The fourth-order valence-electron chi connectivity index (χ4n) is 2.47. The highest BCUT2D eigenvalue weighted by molar-refractivity contribution is 7.89. The smallest absolute Gasteiger partial charge is 0.240 e. The first kappa shape index (κ1) is 17.0. The Morgan fingerprint density at radius 2 is 2.04 bits per heavy atom. The van der Waals surface area contributed by atoms with Gasteiger partial charge in [0, 0.05) is 30.6 Å². The number of sulfonamides is 1. The van der Waals surface area contributed by atoms with E-state index in [4.69, 9.17) is 9.47 Å². The van der Waals surface area contributed by atoms with E-state index >= 15 is 0 Å². The predicted octanol–water partition coefficient (Wildman–Crippen LogP) is 2.45. The minimum atomic E-state index is -3.62. The van der Waals surface area contributed by atoms with Crippen molar-refractivity contribution < 1.29 is 17.9 Å². The van der Waals surface area contributed by atoms with E-state index in [1.54, 1.807) is 12.3 Å². The van der Waals surface area contributed by atoms with Crippen LogP contribution in [0, 0.1) is 0 Å². The second kappa shape index (κ2) is 7.02. The number of hydrogen-bond donors (Lipinski definition) is 1. The van der Waals surface area contributed by atoms with Crippen LogP contribution in [0.2, 0.25) is 0 Å². The van der Waals surface area contributed by atoms with Gasteiger partial charge in [-0.15, -0.1) is 11.3 Å². The Kier molecular flexibility index (Phi) is 4.58. The molecule has 7 nitrogen and oxygen atoms in total. The quantitative estimate of drug-likeness (QED) is 0.696. The molecule has 1 aliphatic rings. The number of nitrogens with zero attached hydrogens (tertiary/aromatic N) is 2. The molecule has 3 heterocycles. The fraction of sp³-hybridized carbons (Fsp3) is 0.176. The van der Waals surface area contributed by atoms with Crippen molar-refractivity contribution in [1.29, 1.82) is 0 Å². The lowest BCUT2D eigenvalue weighted by atomic mass is 10.3. The summed E-state index contributed by atoms with van der Waals surface area (Å²) in [6.45, 7) is 0.358. The monoisotopic (exact) mass is 389 g/mol. The van der Waals surface area contributed by atoms with Gasteiger partial charge in [0.2, 0.25) is 16.8 Å². The number of benzene rings is 1. The van der Waals surface area contributed by atoms with Crippen LogP contribution in [0.3, 0.4) is 0 Å². The van der Waals surface area contributed by atoms with E-state index in [1.165, 1.54) is 23.5 Å². The standard InChI is InChI=1S/C17H15N3O4S2/c21-26(22,13-4-5-15-16(9-13)24-11-23-15)19-8-6-12-10-25-17(20-12)14-3-1-2-7-18-14/h1-5,7,9-10,19H,6,8,11H2. The van der Waals surface area contributed by atoms with Crippen molar-refractivity contribution in [2.45, 2.75) is 11.3 Å². The molecule has 134 valence electrons. The molecule has 0 bridgehead atoms. The lowest BCUT2D eigenvalue weighted by molar-refractivity contribution is 0.174. The van der Waals surface area contributed by atoms with Crippen LogP contribution in [0.4, 0.5) is 0 Å². The summed E-state index contributed by atoms with van der Waals surface area (Å²) < 4.78 is 37.8. The number of aromatic nitrogens is 2. The molecule has 1 aliphatic heterocycles. The number of ether oxygens (including phenoxy) is 2. The summed E-state index contributed by atoms with van der Waals surface area (Å²) in [5.74, 6) is 0.987. The first-order chi connectivity index (χ1) is 12.6. The number of rotatable bonds is 6. The molecule has 2 aromatic heterocycles. The molecule has 0 saturated heterocycles. The molecule has 4 rings (SSSR count). The van der Waals surface area contributed by atoms with Gasteiger partial charge in [0.25, 0.3) is 0 Å². The van der Waals surface area contributed by atoms with E-state index in [2.05, 4.69) is 14.7 Å². The maximum absolute atomic E-state index is 12.4. The van der Waals surface area contributed by atoms with Gasteiger partial charge < -0.3 is 9.47 Å². The van der Waals surface area contributed by atoms with Gasteiger partial charge in [-0.05, 0) is 24.3 Å². The highest BCUT2D eigenvalue weighted by atomic mass is 32.2. The molecule has 9 heteroatoms. The molecular formula is C17H15N3O4S2. The highest BCUT2D eigenvalue weighted by Crippen LogP contribution is 2.33. The molecule has 0 amide bonds. The van der Waals surface area contributed by atoms with E-state index in [0.29, 0.717) is 17.9 Å². The second-order valence-corrected chi connectivity index (χ2v) is 8.15. The fourth-order valence-corrected chi connectivity index (χ4v) is 4.35. The van der Waals surface area contributed by atoms with Gasteiger partial charge in [-0.25, -0.2) is 18.1 Å². The molecule has 0 aliphatic carbocycles. The third-order valence-corrected chi connectivity index (χ3v) is 6.14. The SMILES string of the molecule is O=S(=O)(NCCc1csc(-c2ccccn2)n1)c1ccc2c(c1)OCO2. The molecule has 0 spiro atoms. The Morgan fingerprint density at radius 3 is 2.88 bits per heavy atom. The molecule has 3 aromatic rings. The molecule has 1 N–H and O–H groups in total. The summed E-state index contributed by atoms with van der Waals surface area (Å²) in [6.07, 6.45) is 2.21. The van der Waals surface area contributed by atoms with Crippen molar-refractivity contribution in [2.75, 3.05) is 13.3 Å². The van der Waals surface area contributed by atoms with Crippen LogP contribution in [-0.4, -0.2) is 31.7 Å². The predicted molar refractivity (Wildman–Crippen MR) is 96.8 cm³/mol. The van der Waals surface area contributed by atoms with Crippen LogP contribution in [0.5, 0.6) is 11.5 Å². The van der Waals surface area contributed by atoms with E-state index in [0.717, 1.165) is 16.4 Å². The van der Waals surface area contributed by atoms with Gasteiger partial charge in [0.15, 0.2) is 11.5 Å². The minimum Gasteiger partial charge on any atom is -0.454 e. The van der Waals surface area contributed by atoms with Crippen LogP contribution in [0.1, 0.15) is 5.69 Å². The molecule has 0 saturated carbocycles. The Hall–Kier alpha value is -2.49. The van der Waals surface area contributed by atoms with E-state index in [9.17, 15) is 8.42 Å². The van der Waals surface area contributed by atoms with E-state index in [1.807, 2.05) is 23.6 Å². The lowest BCUT2D eigenvalue weighted by Crippen LogP contribution is -2.26. The summed E-state index contributed by atoms with van der Waals surface area (Å²) >= 11 is 1.49. The van der Waals surface area contributed by atoms with E-state index < -0.39 is 10.0 Å². The molecule has 1 aromatic carbocycles. The Morgan fingerprint density at radius 1 is 1.15 bits per heavy atom. The summed E-state index contributed by atoms with van der Waals surface area (Å²) in [4.78, 5) is 8.92.